The minimum atomic E-state index is 0.134. The summed E-state index contributed by atoms with van der Waals surface area (Å²) in [5.41, 5.74) is 0.962. The highest BCUT2D eigenvalue weighted by atomic mass is 16.2. The van der Waals surface area contributed by atoms with Crippen LogP contribution >= 0.6 is 0 Å². The van der Waals surface area contributed by atoms with Crippen molar-refractivity contribution in [1.82, 2.24) is 19.8 Å². The third kappa shape index (κ3) is 3.81. The molecule has 0 unspecified atom stereocenters. The highest BCUT2D eigenvalue weighted by Crippen LogP contribution is 2.31. The molecule has 2 aliphatic rings. The molecule has 142 valence electrons. The lowest BCUT2D eigenvalue weighted by atomic mass is 9.95. The van der Waals surface area contributed by atoms with Crippen LogP contribution in [0.2, 0.25) is 0 Å². The summed E-state index contributed by atoms with van der Waals surface area (Å²) in [7, 11) is 5.80. The second-order valence-corrected chi connectivity index (χ2v) is 7.59. The Morgan fingerprint density at radius 3 is 2.46 bits per heavy atom. The van der Waals surface area contributed by atoms with Gasteiger partial charge in [0.1, 0.15) is 11.6 Å². The summed E-state index contributed by atoms with van der Waals surface area (Å²) in [6.45, 7) is 4.16. The van der Waals surface area contributed by atoms with Crippen molar-refractivity contribution in [2.75, 3.05) is 45.7 Å². The Kier molecular flexibility index (Phi) is 5.44. The number of likely N-dealkylation sites (N-methyl/N-ethyl adjacent to an activating group) is 1. The van der Waals surface area contributed by atoms with Crippen LogP contribution in [0.5, 0.6) is 0 Å². The van der Waals surface area contributed by atoms with Crippen LogP contribution in [0.15, 0.2) is 6.07 Å². The Balaban J connectivity index is 1.81. The van der Waals surface area contributed by atoms with E-state index in [0.29, 0.717) is 19.4 Å². The van der Waals surface area contributed by atoms with Gasteiger partial charge in [0.2, 0.25) is 11.8 Å². The number of carbonyl (C=O) groups excluding carboxylic acids is 2. The maximum Gasteiger partial charge on any atom is 0.223 e. The first-order valence-corrected chi connectivity index (χ1v) is 9.47. The van der Waals surface area contributed by atoms with Crippen LogP contribution in [0.3, 0.4) is 0 Å². The summed E-state index contributed by atoms with van der Waals surface area (Å²) in [6, 6.07) is 2.01. The van der Waals surface area contributed by atoms with Crippen molar-refractivity contribution < 1.29 is 9.59 Å². The van der Waals surface area contributed by atoms with Gasteiger partial charge in [-0.1, -0.05) is 6.92 Å². The third-order valence-electron chi connectivity index (χ3n) is 5.48. The number of anilines is 1. The van der Waals surface area contributed by atoms with Gasteiger partial charge in [-0.15, -0.1) is 0 Å². The Morgan fingerprint density at radius 1 is 1.23 bits per heavy atom. The van der Waals surface area contributed by atoms with E-state index in [9.17, 15) is 9.59 Å². The van der Waals surface area contributed by atoms with Crippen LogP contribution in [0.1, 0.15) is 56.0 Å². The molecule has 0 aliphatic carbocycles. The summed E-state index contributed by atoms with van der Waals surface area (Å²) in [4.78, 5) is 39.2. The summed E-state index contributed by atoms with van der Waals surface area (Å²) >= 11 is 0. The fourth-order valence-corrected chi connectivity index (χ4v) is 3.76. The largest absolute Gasteiger partial charge is 0.363 e. The van der Waals surface area contributed by atoms with Crippen molar-refractivity contribution in [3.63, 3.8) is 0 Å². The molecule has 2 fully saturated rings. The quantitative estimate of drug-likeness (QED) is 0.817. The van der Waals surface area contributed by atoms with Gasteiger partial charge in [-0.2, -0.15) is 0 Å². The van der Waals surface area contributed by atoms with Crippen LogP contribution in [0.4, 0.5) is 5.82 Å². The molecule has 0 N–H and O–H groups in total. The molecule has 3 rings (SSSR count). The van der Waals surface area contributed by atoms with E-state index in [1.165, 1.54) is 0 Å². The monoisotopic (exact) mass is 359 g/mol. The lowest BCUT2D eigenvalue weighted by Crippen LogP contribution is -2.37. The molecule has 26 heavy (non-hydrogen) atoms. The van der Waals surface area contributed by atoms with Gasteiger partial charge in [-0.3, -0.25) is 9.59 Å². The zero-order chi connectivity index (χ0) is 18.8. The Labute approximate surface area is 155 Å². The maximum absolute atomic E-state index is 11.9. The first kappa shape index (κ1) is 18.6. The first-order valence-electron chi connectivity index (χ1n) is 9.47. The molecule has 0 spiro atoms. The fraction of sp³-hybridized carbons (Fsp3) is 0.684. The zero-order valence-electron chi connectivity index (χ0n) is 16.2. The number of hydrogen-bond acceptors (Lipinski definition) is 5. The number of hydrogen-bond donors (Lipinski definition) is 0. The van der Waals surface area contributed by atoms with E-state index < -0.39 is 0 Å². The van der Waals surface area contributed by atoms with E-state index in [-0.39, 0.29) is 23.7 Å². The molecule has 0 bridgehead atoms. The lowest BCUT2D eigenvalue weighted by molar-refractivity contribution is -0.132. The third-order valence-corrected chi connectivity index (χ3v) is 5.48. The lowest BCUT2D eigenvalue weighted by Gasteiger charge is -2.31. The molecule has 0 aromatic carbocycles. The molecule has 2 saturated heterocycles. The molecule has 3 heterocycles. The van der Waals surface area contributed by atoms with Crippen LogP contribution in [0.25, 0.3) is 0 Å². The van der Waals surface area contributed by atoms with Crippen molar-refractivity contribution >= 4 is 17.6 Å². The standard InChI is InChI=1S/C19H29N5O2/c1-5-17(25)24-8-6-13(7-9-24)19-20-15(11-16(21-19)22(2)3)14-10-18(26)23(4)12-14/h11,13-14H,5-10,12H2,1-4H3/t14-/m0/s1. The van der Waals surface area contributed by atoms with Gasteiger partial charge in [-0.05, 0) is 12.8 Å². The molecule has 0 saturated carbocycles. The van der Waals surface area contributed by atoms with Crippen molar-refractivity contribution in [2.45, 2.75) is 44.4 Å². The van der Waals surface area contributed by atoms with Crippen molar-refractivity contribution in [3.8, 4) is 0 Å². The number of aromatic nitrogens is 2. The van der Waals surface area contributed by atoms with Crippen LogP contribution in [-0.2, 0) is 9.59 Å². The van der Waals surface area contributed by atoms with Gasteiger partial charge in [0.05, 0.1) is 5.69 Å². The highest BCUT2D eigenvalue weighted by molar-refractivity contribution is 5.79. The number of nitrogens with zero attached hydrogens (tertiary/aromatic N) is 5. The predicted octanol–water partition coefficient (Wildman–Crippen LogP) is 1.60. The maximum atomic E-state index is 11.9. The van der Waals surface area contributed by atoms with Crippen molar-refractivity contribution in [2.24, 2.45) is 0 Å². The van der Waals surface area contributed by atoms with Crippen LogP contribution in [0, 0.1) is 0 Å². The minimum Gasteiger partial charge on any atom is -0.363 e. The average Bonchev–Trinajstić information content (AvgIpc) is 2.99. The molecule has 7 heteroatoms. The number of likely N-dealkylation sites (tertiary alicyclic amines) is 2. The van der Waals surface area contributed by atoms with Gasteiger partial charge in [0, 0.05) is 71.5 Å². The summed E-state index contributed by atoms with van der Waals surface area (Å²) in [6.07, 6.45) is 2.87. The highest BCUT2D eigenvalue weighted by Gasteiger charge is 2.31. The molecular formula is C19H29N5O2. The van der Waals surface area contributed by atoms with Crippen LogP contribution < -0.4 is 4.90 Å². The second-order valence-electron chi connectivity index (χ2n) is 7.59. The van der Waals surface area contributed by atoms with E-state index in [1.807, 2.05) is 43.9 Å². The second kappa shape index (κ2) is 7.60. The first-order chi connectivity index (χ1) is 12.4. The van der Waals surface area contributed by atoms with E-state index in [1.54, 1.807) is 4.90 Å². The number of amides is 2. The minimum absolute atomic E-state index is 0.134. The average molecular weight is 359 g/mol. The van der Waals surface area contributed by atoms with Gasteiger partial charge >= 0.3 is 0 Å². The number of rotatable bonds is 4. The van der Waals surface area contributed by atoms with E-state index in [2.05, 4.69) is 0 Å². The molecule has 1 aromatic heterocycles. The number of carbonyl (C=O) groups is 2. The van der Waals surface area contributed by atoms with Gasteiger partial charge in [0.25, 0.3) is 0 Å². The zero-order valence-corrected chi connectivity index (χ0v) is 16.2. The molecule has 0 radical (unpaired) electrons. The summed E-state index contributed by atoms with van der Waals surface area (Å²) in [5.74, 6) is 2.54. The molecule has 1 atom stereocenters. The molecule has 7 nitrogen and oxygen atoms in total. The van der Waals surface area contributed by atoms with Gasteiger partial charge in [-0.25, -0.2) is 9.97 Å². The van der Waals surface area contributed by atoms with Gasteiger partial charge in [0.15, 0.2) is 0 Å². The van der Waals surface area contributed by atoms with Gasteiger partial charge < -0.3 is 14.7 Å². The number of piperidine rings is 1. The van der Waals surface area contributed by atoms with Crippen LogP contribution in [-0.4, -0.2) is 72.4 Å². The molecule has 2 amide bonds. The summed E-state index contributed by atoms with van der Waals surface area (Å²) < 4.78 is 0. The molecule has 1 aromatic rings. The molecular weight excluding hydrogens is 330 g/mol. The Hall–Kier alpha value is -2.18. The normalized spacial score (nSPS) is 21.4. The molecule has 2 aliphatic heterocycles. The Morgan fingerprint density at radius 2 is 1.92 bits per heavy atom. The fourth-order valence-electron chi connectivity index (χ4n) is 3.76. The topological polar surface area (TPSA) is 69.6 Å². The van der Waals surface area contributed by atoms with E-state index in [0.717, 1.165) is 43.3 Å². The smallest absolute Gasteiger partial charge is 0.223 e. The van der Waals surface area contributed by atoms with E-state index >= 15 is 0 Å². The predicted molar refractivity (Wildman–Crippen MR) is 100 cm³/mol. The van der Waals surface area contributed by atoms with E-state index in [4.69, 9.17) is 9.97 Å². The SMILES string of the molecule is CCC(=O)N1CCC(c2nc([C@H]3CC(=O)N(C)C3)cc(N(C)C)n2)CC1. The van der Waals surface area contributed by atoms with Crippen molar-refractivity contribution in [3.05, 3.63) is 17.6 Å². The van der Waals surface area contributed by atoms with Crippen molar-refractivity contribution in [1.29, 1.82) is 0 Å². The summed E-state index contributed by atoms with van der Waals surface area (Å²) in [5, 5.41) is 0. The Bertz CT molecular complexity index is 683.